The fourth-order valence-corrected chi connectivity index (χ4v) is 3.35. The first kappa shape index (κ1) is 17.5. The molecule has 0 amide bonds. The molecule has 2 aliphatic rings. The van der Waals surface area contributed by atoms with Crippen molar-refractivity contribution in [2.45, 2.75) is 64.2 Å². The normalized spacial score (nSPS) is 35.2. The molecule has 0 saturated carbocycles. The summed E-state index contributed by atoms with van der Waals surface area (Å²) < 4.78 is 36.6. The van der Waals surface area contributed by atoms with E-state index >= 15 is 0 Å². The van der Waals surface area contributed by atoms with Gasteiger partial charge in [-0.25, -0.2) is 4.39 Å². The van der Waals surface area contributed by atoms with E-state index in [1.54, 1.807) is 13.0 Å². The Morgan fingerprint density at radius 1 is 1.29 bits per heavy atom. The Kier molecular flexibility index (Phi) is 5.06. The van der Waals surface area contributed by atoms with Gasteiger partial charge < -0.3 is 18.9 Å². The highest BCUT2D eigenvalue weighted by molar-refractivity contribution is 5.32. The maximum Gasteiger partial charge on any atom is 0.197 e. The number of rotatable bonds is 6. The van der Waals surface area contributed by atoms with Crippen LogP contribution in [0.3, 0.4) is 0 Å². The van der Waals surface area contributed by atoms with Crippen molar-refractivity contribution in [1.82, 2.24) is 0 Å². The van der Waals surface area contributed by atoms with Gasteiger partial charge in [-0.05, 0) is 43.9 Å². The zero-order valence-electron chi connectivity index (χ0n) is 14.5. The summed E-state index contributed by atoms with van der Waals surface area (Å²) in [7, 11) is 0. The lowest BCUT2D eigenvalue weighted by Gasteiger charge is -2.26. The van der Waals surface area contributed by atoms with Crippen molar-refractivity contribution < 1.29 is 23.3 Å². The Balaban J connectivity index is 1.74. The maximum atomic E-state index is 13.2. The van der Waals surface area contributed by atoms with Crippen molar-refractivity contribution in [1.29, 1.82) is 0 Å². The Morgan fingerprint density at radius 2 is 2.00 bits per heavy atom. The van der Waals surface area contributed by atoms with E-state index in [2.05, 4.69) is 32.6 Å². The summed E-state index contributed by atoms with van der Waals surface area (Å²) in [5.41, 5.74) is 3.52. The number of ether oxygens (including phenoxy) is 4. The molecular weight excluding hydrogens is 311 g/mol. The van der Waals surface area contributed by atoms with E-state index in [1.807, 2.05) is 6.07 Å². The van der Waals surface area contributed by atoms with Gasteiger partial charge in [-0.1, -0.05) is 24.3 Å². The summed E-state index contributed by atoms with van der Waals surface area (Å²) in [6, 6.07) is 6.16. The minimum atomic E-state index is -1.26. The van der Waals surface area contributed by atoms with Crippen LogP contribution in [0.15, 0.2) is 30.9 Å². The van der Waals surface area contributed by atoms with Gasteiger partial charge >= 0.3 is 0 Å². The van der Waals surface area contributed by atoms with Crippen LogP contribution in [0.4, 0.5) is 4.39 Å². The van der Waals surface area contributed by atoms with Gasteiger partial charge in [0.15, 0.2) is 12.1 Å². The standard InChI is InChI=1S/C19H25FO4/c1-5-7-15-16(17-18(22-15)24-19(4,11-20)23-17)21-10-14-12(2)8-6-9-13(14)3/h5-6,8-9,15-18H,1,7,10-11H2,2-4H3/t15-,16+,17-,18-,19?/m1/s1. The molecule has 2 heterocycles. The molecular formula is C19H25FO4. The smallest absolute Gasteiger partial charge is 0.197 e. The van der Waals surface area contributed by atoms with E-state index in [-0.39, 0.29) is 12.2 Å². The molecule has 0 aliphatic carbocycles. The van der Waals surface area contributed by atoms with Crippen LogP contribution in [0.25, 0.3) is 0 Å². The number of halogens is 1. The van der Waals surface area contributed by atoms with Gasteiger partial charge in [0.1, 0.15) is 18.9 Å². The van der Waals surface area contributed by atoms with Crippen molar-refractivity contribution in [2.75, 3.05) is 6.67 Å². The van der Waals surface area contributed by atoms with E-state index in [9.17, 15) is 4.39 Å². The molecule has 1 unspecified atom stereocenters. The predicted molar refractivity (Wildman–Crippen MR) is 88.3 cm³/mol. The van der Waals surface area contributed by atoms with Crippen LogP contribution < -0.4 is 0 Å². The summed E-state index contributed by atoms with van der Waals surface area (Å²) in [6.07, 6.45) is 0.865. The van der Waals surface area contributed by atoms with Crippen molar-refractivity contribution in [3.05, 3.63) is 47.5 Å². The first-order chi connectivity index (χ1) is 11.5. The fourth-order valence-electron chi connectivity index (χ4n) is 3.35. The number of hydrogen-bond acceptors (Lipinski definition) is 4. The second-order valence-electron chi connectivity index (χ2n) is 6.68. The van der Waals surface area contributed by atoms with Crippen LogP contribution in [0.2, 0.25) is 0 Å². The Morgan fingerprint density at radius 3 is 2.62 bits per heavy atom. The largest absolute Gasteiger partial charge is 0.368 e. The van der Waals surface area contributed by atoms with Gasteiger partial charge in [0.05, 0.1) is 12.7 Å². The lowest BCUT2D eigenvalue weighted by atomic mass is 10.0. The molecule has 2 aliphatic heterocycles. The molecule has 2 saturated heterocycles. The van der Waals surface area contributed by atoms with Crippen molar-refractivity contribution in [2.24, 2.45) is 0 Å². The summed E-state index contributed by atoms with van der Waals surface area (Å²) in [5.74, 6) is -1.26. The lowest BCUT2D eigenvalue weighted by Crippen LogP contribution is -2.38. The topological polar surface area (TPSA) is 36.9 Å². The van der Waals surface area contributed by atoms with Crippen LogP contribution in [-0.4, -0.2) is 37.1 Å². The zero-order valence-corrected chi connectivity index (χ0v) is 14.5. The minimum Gasteiger partial charge on any atom is -0.368 e. The van der Waals surface area contributed by atoms with Crippen LogP contribution in [0, 0.1) is 13.8 Å². The van der Waals surface area contributed by atoms with E-state index in [1.165, 1.54) is 11.1 Å². The summed E-state index contributed by atoms with van der Waals surface area (Å²) in [5, 5.41) is 0. The number of fused-ring (bicyclic) bond motifs is 1. The molecule has 0 aromatic heterocycles. The lowest BCUT2D eigenvalue weighted by molar-refractivity contribution is -0.233. The highest BCUT2D eigenvalue weighted by Gasteiger charge is 2.56. The Labute approximate surface area is 142 Å². The van der Waals surface area contributed by atoms with Gasteiger partial charge in [0.2, 0.25) is 0 Å². The van der Waals surface area contributed by atoms with Gasteiger partial charge in [0, 0.05) is 0 Å². The summed E-state index contributed by atoms with van der Waals surface area (Å²) in [6.45, 7) is 9.22. The molecule has 0 spiro atoms. The van der Waals surface area contributed by atoms with Gasteiger partial charge in [-0.3, -0.25) is 0 Å². The van der Waals surface area contributed by atoms with E-state index in [0.717, 1.165) is 5.56 Å². The molecule has 4 nitrogen and oxygen atoms in total. The SMILES string of the molecule is C=CC[C@H]1O[C@@H]2OC(C)(CF)O[C@@H]2[C@H]1OCc1c(C)cccc1C. The summed E-state index contributed by atoms with van der Waals surface area (Å²) in [4.78, 5) is 0. The minimum absolute atomic E-state index is 0.203. The Bertz CT molecular complexity index is 585. The predicted octanol–water partition coefficient (Wildman–Crippen LogP) is 3.59. The second-order valence-corrected chi connectivity index (χ2v) is 6.68. The molecule has 24 heavy (non-hydrogen) atoms. The average Bonchev–Trinajstić information content (AvgIpc) is 3.02. The van der Waals surface area contributed by atoms with E-state index in [0.29, 0.717) is 13.0 Å². The number of benzene rings is 1. The average molecular weight is 336 g/mol. The van der Waals surface area contributed by atoms with Crippen LogP contribution in [0.1, 0.15) is 30.0 Å². The second kappa shape index (κ2) is 6.92. The molecule has 0 N–H and O–H groups in total. The molecule has 132 valence electrons. The highest BCUT2D eigenvalue weighted by atomic mass is 19.1. The quantitative estimate of drug-likeness (QED) is 0.744. The van der Waals surface area contributed by atoms with Crippen molar-refractivity contribution in [3.8, 4) is 0 Å². The molecule has 5 heteroatoms. The number of hydrogen-bond donors (Lipinski definition) is 0. The van der Waals surface area contributed by atoms with Crippen molar-refractivity contribution in [3.63, 3.8) is 0 Å². The molecule has 3 rings (SSSR count). The third kappa shape index (κ3) is 3.26. The van der Waals surface area contributed by atoms with E-state index in [4.69, 9.17) is 18.9 Å². The molecule has 5 atom stereocenters. The highest BCUT2D eigenvalue weighted by Crippen LogP contribution is 2.40. The van der Waals surface area contributed by atoms with Crippen LogP contribution >= 0.6 is 0 Å². The zero-order chi connectivity index (χ0) is 17.3. The third-order valence-corrected chi connectivity index (χ3v) is 4.72. The van der Waals surface area contributed by atoms with Crippen LogP contribution in [-0.2, 0) is 25.6 Å². The summed E-state index contributed by atoms with van der Waals surface area (Å²) >= 11 is 0. The molecule has 1 aromatic carbocycles. The van der Waals surface area contributed by atoms with E-state index < -0.39 is 24.9 Å². The first-order valence-electron chi connectivity index (χ1n) is 8.32. The molecule has 1 aromatic rings. The Hall–Kier alpha value is -1.27. The van der Waals surface area contributed by atoms with Crippen molar-refractivity contribution >= 4 is 0 Å². The maximum absolute atomic E-state index is 13.2. The molecule has 0 bridgehead atoms. The van der Waals surface area contributed by atoms with Gasteiger partial charge in [0.25, 0.3) is 0 Å². The third-order valence-electron chi connectivity index (χ3n) is 4.72. The fraction of sp³-hybridized carbons (Fsp3) is 0.579. The number of aryl methyl sites for hydroxylation is 2. The van der Waals surface area contributed by atoms with Gasteiger partial charge in [-0.2, -0.15) is 0 Å². The molecule has 0 radical (unpaired) electrons. The first-order valence-corrected chi connectivity index (χ1v) is 8.32. The van der Waals surface area contributed by atoms with Crippen LogP contribution in [0.5, 0.6) is 0 Å². The monoisotopic (exact) mass is 336 g/mol. The number of alkyl halides is 1. The molecule has 2 fully saturated rings. The van der Waals surface area contributed by atoms with Gasteiger partial charge in [-0.15, -0.1) is 6.58 Å².